The van der Waals surface area contributed by atoms with Crippen molar-refractivity contribution in [2.75, 3.05) is 6.61 Å². The van der Waals surface area contributed by atoms with Gasteiger partial charge in [-0.3, -0.25) is 4.79 Å². The summed E-state index contributed by atoms with van der Waals surface area (Å²) >= 11 is 0. The number of ether oxygens (including phenoxy) is 1. The van der Waals surface area contributed by atoms with Crippen molar-refractivity contribution in [1.82, 2.24) is 0 Å². The molecule has 0 amide bonds. The van der Waals surface area contributed by atoms with Crippen LogP contribution >= 0.6 is 0 Å². The van der Waals surface area contributed by atoms with Gasteiger partial charge >= 0.3 is 5.97 Å². The quantitative estimate of drug-likeness (QED) is 0.864. The number of carboxylic acids is 1. The van der Waals surface area contributed by atoms with Crippen LogP contribution in [0.1, 0.15) is 17.0 Å². The summed E-state index contributed by atoms with van der Waals surface area (Å²) in [6.45, 7) is 0.603. The van der Waals surface area contributed by atoms with Crippen LogP contribution in [0.4, 0.5) is 0 Å². The summed E-state index contributed by atoms with van der Waals surface area (Å²) in [5.41, 5.74) is 1.81. The second-order valence-electron chi connectivity index (χ2n) is 4.30. The summed E-state index contributed by atoms with van der Waals surface area (Å²) in [7, 11) is 0. The van der Waals surface area contributed by atoms with E-state index in [1.54, 1.807) is 0 Å². The highest BCUT2D eigenvalue weighted by atomic mass is 16.5. The normalized spacial score (nSPS) is 12.0. The van der Waals surface area contributed by atoms with Gasteiger partial charge in [-0.2, -0.15) is 0 Å². The molecule has 0 radical (unpaired) electrons. The topological polar surface area (TPSA) is 46.5 Å². The van der Waals surface area contributed by atoms with Crippen molar-refractivity contribution < 1.29 is 14.6 Å². The molecule has 2 aromatic rings. The van der Waals surface area contributed by atoms with Crippen molar-refractivity contribution in [3.8, 4) is 0 Å². The number of carboxylic acid groups (broad SMARTS) is 1. The lowest BCUT2D eigenvalue weighted by Gasteiger charge is -2.13. The minimum Gasteiger partial charge on any atom is -0.481 e. The molecule has 0 saturated heterocycles. The maximum absolute atomic E-state index is 11.3. The molecular formula is C16H16O3. The number of benzene rings is 2. The molecule has 0 heterocycles. The molecular weight excluding hydrogens is 240 g/mol. The fraction of sp³-hybridized carbons (Fsp3) is 0.188. The van der Waals surface area contributed by atoms with Gasteiger partial charge in [0.2, 0.25) is 0 Å². The summed E-state index contributed by atoms with van der Waals surface area (Å²) in [5, 5.41) is 9.24. The Morgan fingerprint density at radius 2 is 1.58 bits per heavy atom. The molecule has 1 atom stereocenters. The van der Waals surface area contributed by atoms with E-state index in [1.165, 1.54) is 0 Å². The third-order valence-corrected chi connectivity index (χ3v) is 2.90. The van der Waals surface area contributed by atoms with E-state index in [2.05, 4.69) is 0 Å². The Kier molecular flexibility index (Phi) is 4.70. The molecule has 98 valence electrons. The molecule has 19 heavy (non-hydrogen) atoms. The van der Waals surface area contributed by atoms with Crippen molar-refractivity contribution in [3.63, 3.8) is 0 Å². The Morgan fingerprint density at radius 1 is 1.00 bits per heavy atom. The lowest BCUT2D eigenvalue weighted by molar-refractivity contribution is -0.140. The van der Waals surface area contributed by atoms with Gasteiger partial charge in [0.05, 0.1) is 13.2 Å². The minimum absolute atomic E-state index is 0.175. The Labute approximate surface area is 112 Å². The van der Waals surface area contributed by atoms with Crippen LogP contribution in [-0.4, -0.2) is 17.7 Å². The molecule has 0 aliphatic carbocycles. The molecule has 0 saturated carbocycles. The van der Waals surface area contributed by atoms with Crippen molar-refractivity contribution >= 4 is 5.97 Å². The lowest BCUT2D eigenvalue weighted by atomic mass is 10.0. The summed E-state index contributed by atoms with van der Waals surface area (Å²) in [6.07, 6.45) is 0. The highest BCUT2D eigenvalue weighted by Gasteiger charge is 2.19. The monoisotopic (exact) mass is 256 g/mol. The van der Waals surface area contributed by atoms with Crippen LogP contribution in [0.2, 0.25) is 0 Å². The number of aliphatic carboxylic acids is 1. The van der Waals surface area contributed by atoms with Gasteiger partial charge in [0.25, 0.3) is 0 Å². The molecule has 0 aliphatic rings. The number of hydrogen-bond donors (Lipinski definition) is 1. The smallest absolute Gasteiger partial charge is 0.313 e. The zero-order chi connectivity index (χ0) is 13.5. The molecule has 0 bridgehead atoms. The molecule has 3 nitrogen and oxygen atoms in total. The van der Waals surface area contributed by atoms with E-state index in [0.29, 0.717) is 6.61 Å². The van der Waals surface area contributed by atoms with E-state index in [0.717, 1.165) is 11.1 Å². The van der Waals surface area contributed by atoms with Gasteiger partial charge in [-0.25, -0.2) is 0 Å². The average molecular weight is 256 g/mol. The largest absolute Gasteiger partial charge is 0.481 e. The number of carbonyl (C=O) groups is 1. The predicted molar refractivity (Wildman–Crippen MR) is 72.9 cm³/mol. The van der Waals surface area contributed by atoms with E-state index < -0.39 is 11.9 Å². The summed E-state index contributed by atoms with van der Waals surface area (Å²) in [5.74, 6) is -1.48. The summed E-state index contributed by atoms with van der Waals surface area (Å²) in [4.78, 5) is 11.3. The fourth-order valence-electron chi connectivity index (χ4n) is 1.86. The second kappa shape index (κ2) is 6.71. The first-order chi connectivity index (χ1) is 9.27. The van der Waals surface area contributed by atoms with Gasteiger partial charge in [-0.1, -0.05) is 60.7 Å². The van der Waals surface area contributed by atoms with Crippen LogP contribution in [0.15, 0.2) is 60.7 Å². The average Bonchev–Trinajstić information content (AvgIpc) is 2.45. The Bertz CT molecular complexity index is 508. The molecule has 2 rings (SSSR count). The van der Waals surface area contributed by atoms with Crippen molar-refractivity contribution in [2.45, 2.75) is 12.5 Å². The van der Waals surface area contributed by atoms with E-state index in [9.17, 15) is 9.90 Å². The van der Waals surface area contributed by atoms with Crippen LogP contribution in [0.3, 0.4) is 0 Å². The molecule has 0 fully saturated rings. The van der Waals surface area contributed by atoms with Crippen molar-refractivity contribution in [2.24, 2.45) is 0 Å². The van der Waals surface area contributed by atoms with Crippen molar-refractivity contribution in [1.29, 1.82) is 0 Å². The fourth-order valence-corrected chi connectivity index (χ4v) is 1.86. The van der Waals surface area contributed by atoms with Crippen LogP contribution < -0.4 is 0 Å². The molecule has 1 N–H and O–H groups in total. The first kappa shape index (κ1) is 13.3. The molecule has 0 aromatic heterocycles. The van der Waals surface area contributed by atoms with Gasteiger partial charge in [-0.05, 0) is 11.1 Å². The Hall–Kier alpha value is -2.13. The third-order valence-electron chi connectivity index (χ3n) is 2.90. The van der Waals surface area contributed by atoms with Gasteiger partial charge in [0, 0.05) is 0 Å². The minimum atomic E-state index is -0.862. The third kappa shape index (κ3) is 3.93. The first-order valence-corrected chi connectivity index (χ1v) is 6.17. The highest BCUT2D eigenvalue weighted by Crippen LogP contribution is 2.16. The Balaban J connectivity index is 1.94. The lowest BCUT2D eigenvalue weighted by Crippen LogP contribution is -2.17. The molecule has 0 spiro atoms. The SMILES string of the molecule is O=C(O)[C@H](COCc1ccccc1)c1ccccc1. The standard InChI is InChI=1S/C16H16O3/c17-16(18)15(14-9-5-2-6-10-14)12-19-11-13-7-3-1-4-8-13/h1-10,15H,11-12H2,(H,17,18)/t15-/m1/s1. The number of hydrogen-bond acceptors (Lipinski definition) is 2. The maximum Gasteiger partial charge on any atom is 0.313 e. The van der Waals surface area contributed by atoms with Gasteiger partial charge in [0.15, 0.2) is 0 Å². The van der Waals surface area contributed by atoms with Gasteiger partial charge < -0.3 is 9.84 Å². The molecule has 2 aromatic carbocycles. The van der Waals surface area contributed by atoms with Crippen LogP contribution in [0, 0.1) is 0 Å². The van der Waals surface area contributed by atoms with Crippen LogP contribution in [0.5, 0.6) is 0 Å². The summed E-state index contributed by atoms with van der Waals surface area (Å²) in [6, 6.07) is 18.9. The first-order valence-electron chi connectivity index (χ1n) is 6.17. The zero-order valence-corrected chi connectivity index (χ0v) is 10.5. The highest BCUT2D eigenvalue weighted by molar-refractivity contribution is 5.76. The molecule has 0 aliphatic heterocycles. The Morgan fingerprint density at radius 3 is 2.16 bits per heavy atom. The van der Waals surface area contributed by atoms with E-state index >= 15 is 0 Å². The maximum atomic E-state index is 11.3. The predicted octanol–water partition coefficient (Wildman–Crippen LogP) is 3.07. The van der Waals surface area contributed by atoms with Crippen LogP contribution in [-0.2, 0) is 16.1 Å². The van der Waals surface area contributed by atoms with Gasteiger partial charge in [0.1, 0.15) is 5.92 Å². The molecule has 0 unspecified atom stereocenters. The van der Waals surface area contributed by atoms with Gasteiger partial charge in [-0.15, -0.1) is 0 Å². The van der Waals surface area contributed by atoms with Crippen LogP contribution in [0.25, 0.3) is 0 Å². The van der Waals surface area contributed by atoms with E-state index in [4.69, 9.17) is 4.74 Å². The van der Waals surface area contributed by atoms with E-state index in [-0.39, 0.29) is 6.61 Å². The van der Waals surface area contributed by atoms with E-state index in [1.807, 2.05) is 60.7 Å². The zero-order valence-electron chi connectivity index (χ0n) is 10.5. The van der Waals surface area contributed by atoms with Crippen molar-refractivity contribution in [3.05, 3.63) is 71.8 Å². The molecule has 3 heteroatoms. The second-order valence-corrected chi connectivity index (χ2v) is 4.30. The number of rotatable bonds is 6. The summed E-state index contributed by atoms with van der Waals surface area (Å²) < 4.78 is 5.52.